The molecule has 0 radical (unpaired) electrons. The van der Waals surface area contributed by atoms with Gasteiger partial charge in [-0.3, -0.25) is 9.69 Å². The summed E-state index contributed by atoms with van der Waals surface area (Å²) in [5, 5.41) is 3.05. The van der Waals surface area contributed by atoms with Crippen molar-refractivity contribution in [1.82, 2.24) is 4.90 Å². The highest BCUT2D eigenvalue weighted by molar-refractivity contribution is 5.93. The number of hydrogen-bond acceptors (Lipinski definition) is 3. The lowest BCUT2D eigenvalue weighted by molar-refractivity contribution is -0.117. The maximum Gasteiger partial charge on any atom is 0.238 e. The molecule has 1 amide bonds. The summed E-state index contributed by atoms with van der Waals surface area (Å²) < 4.78 is 0. The molecular weight excluding hydrogens is 334 g/mol. The Kier molecular flexibility index (Phi) is 6.51. The zero-order valence-electron chi connectivity index (χ0n) is 16.8. The van der Waals surface area contributed by atoms with Crippen LogP contribution in [0.4, 0.5) is 11.4 Å². The maximum absolute atomic E-state index is 12.5. The van der Waals surface area contributed by atoms with Crippen LogP contribution < -0.4 is 10.2 Å². The van der Waals surface area contributed by atoms with Crippen molar-refractivity contribution in [2.24, 2.45) is 0 Å². The van der Waals surface area contributed by atoms with Crippen LogP contribution in [0.1, 0.15) is 36.0 Å². The van der Waals surface area contributed by atoms with Crippen LogP contribution in [-0.4, -0.2) is 37.5 Å². The summed E-state index contributed by atoms with van der Waals surface area (Å²) in [5.74, 6) is 0.0293. The standard InChI is InChI=1S/C23H31N3O/c1-18-11-12-19(2)21(15-18)24-23(27)17-25(3)16-20-9-5-6-10-22(20)26-13-7-4-8-14-26/h5-6,9-12,15H,4,7-8,13-14,16-17H2,1-3H3,(H,24,27). The number of carbonyl (C=O) groups excluding carboxylic acids is 1. The molecule has 1 aliphatic rings. The molecular formula is C23H31N3O. The summed E-state index contributed by atoms with van der Waals surface area (Å²) in [6.45, 7) is 7.47. The molecule has 4 heteroatoms. The molecule has 3 rings (SSSR count). The SMILES string of the molecule is Cc1ccc(C)c(NC(=O)CN(C)Cc2ccccc2N2CCCCC2)c1. The van der Waals surface area contributed by atoms with Crippen LogP contribution in [-0.2, 0) is 11.3 Å². The number of nitrogens with one attached hydrogen (secondary N) is 1. The molecule has 144 valence electrons. The van der Waals surface area contributed by atoms with E-state index in [0.717, 1.165) is 36.4 Å². The Morgan fingerprint density at radius 2 is 1.81 bits per heavy atom. The monoisotopic (exact) mass is 365 g/mol. The fraction of sp³-hybridized carbons (Fsp3) is 0.435. The van der Waals surface area contributed by atoms with Gasteiger partial charge in [-0.2, -0.15) is 0 Å². The molecule has 1 heterocycles. The van der Waals surface area contributed by atoms with E-state index < -0.39 is 0 Å². The van der Waals surface area contributed by atoms with Crippen molar-refractivity contribution in [3.8, 4) is 0 Å². The Bertz CT molecular complexity index is 781. The van der Waals surface area contributed by atoms with E-state index in [2.05, 4.69) is 45.4 Å². The molecule has 0 bridgehead atoms. The van der Waals surface area contributed by atoms with Crippen molar-refractivity contribution in [2.75, 3.05) is 36.9 Å². The topological polar surface area (TPSA) is 35.6 Å². The summed E-state index contributed by atoms with van der Waals surface area (Å²) in [5.41, 5.74) is 5.76. The van der Waals surface area contributed by atoms with Crippen LogP contribution in [0.3, 0.4) is 0 Å². The van der Waals surface area contributed by atoms with E-state index in [4.69, 9.17) is 0 Å². The first-order chi connectivity index (χ1) is 13.0. The predicted octanol–water partition coefficient (Wildman–Crippen LogP) is 4.36. The highest BCUT2D eigenvalue weighted by Crippen LogP contribution is 2.25. The van der Waals surface area contributed by atoms with Gasteiger partial charge in [-0.05, 0) is 69.0 Å². The molecule has 27 heavy (non-hydrogen) atoms. The summed E-state index contributed by atoms with van der Waals surface area (Å²) in [7, 11) is 2.01. The van der Waals surface area contributed by atoms with Crippen LogP contribution in [0.2, 0.25) is 0 Å². The number of nitrogens with zero attached hydrogens (tertiary/aromatic N) is 2. The first-order valence-corrected chi connectivity index (χ1v) is 9.91. The smallest absolute Gasteiger partial charge is 0.238 e. The van der Waals surface area contributed by atoms with Gasteiger partial charge < -0.3 is 10.2 Å². The van der Waals surface area contributed by atoms with Crippen LogP contribution in [0.15, 0.2) is 42.5 Å². The summed E-state index contributed by atoms with van der Waals surface area (Å²) in [6.07, 6.45) is 3.86. The van der Waals surface area contributed by atoms with Gasteiger partial charge in [0.2, 0.25) is 5.91 Å². The number of likely N-dealkylation sites (N-methyl/N-ethyl adjacent to an activating group) is 1. The van der Waals surface area contributed by atoms with Gasteiger partial charge in [0.1, 0.15) is 0 Å². The molecule has 4 nitrogen and oxygen atoms in total. The van der Waals surface area contributed by atoms with Crippen molar-refractivity contribution >= 4 is 17.3 Å². The number of carbonyl (C=O) groups is 1. The maximum atomic E-state index is 12.5. The molecule has 0 aromatic heterocycles. The first-order valence-electron chi connectivity index (χ1n) is 9.91. The Labute approximate surface area is 163 Å². The Morgan fingerprint density at radius 3 is 2.59 bits per heavy atom. The van der Waals surface area contributed by atoms with Crippen LogP contribution in [0.5, 0.6) is 0 Å². The van der Waals surface area contributed by atoms with E-state index in [0.29, 0.717) is 6.54 Å². The number of hydrogen-bond donors (Lipinski definition) is 1. The van der Waals surface area contributed by atoms with Gasteiger partial charge >= 0.3 is 0 Å². The van der Waals surface area contributed by atoms with Gasteiger partial charge in [-0.25, -0.2) is 0 Å². The van der Waals surface area contributed by atoms with Gasteiger partial charge in [-0.15, -0.1) is 0 Å². The third-order valence-corrected chi connectivity index (χ3v) is 5.21. The van der Waals surface area contributed by atoms with Gasteiger partial charge in [0.15, 0.2) is 0 Å². The molecule has 1 N–H and O–H groups in total. The normalized spacial score (nSPS) is 14.4. The highest BCUT2D eigenvalue weighted by Gasteiger charge is 2.16. The van der Waals surface area contributed by atoms with Crippen molar-refractivity contribution in [1.29, 1.82) is 0 Å². The second-order valence-corrected chi connectivity index (χ2v) is 7.72. The number of rotatable bonds is 6. The zero-order chi connectivity index (χ0) is 19.2. The summed E-state index contributed by atoms with van der Waals surface area (Å²) in [6, 6.07) is 14.7. The quantitative estimate of drug-likeness (QED) is 0.826. The van der Waals surface area contributed by atoms with Crippen molar-refractivity contribution in [2.45, 2.75) is 39.7 Å². The lowest BCUT2D eigenvalue weighted by Gasteiger charge is -2.31. The molecule has 0 spiro atoms. The predicted molar refractivity (Wildman–Crippen MR) is 113 cm³/mol. The molecule has 1 aliphatic heterocycles. The molecule has 0 saturated carbocycles. The molecule has 1 saturated heterocycles. The largest absolute Gasteiger partial charge is 0.371 e. The average Bonchev–Trinajstić information content (AvgIpc) is 2.65. The number of benzene rings is 2. The minimum Gasteiger partial charge on any atom is -0.371 e. The van der Waals surface area contributed by atoms with Gasteiger partial charge in [-0.1, -0.05) is 30.3 Å². The fourth-order valence-electron chi connectivity index (χ4n) is 3.74. The van der Waals surface area contributed by atoms with Crippen molar-refractivity contribution in [3.63, 3.8) is 0 Å². The van der Waals surface area contributed by atoms with E-state index >= 15 is 0 Å². The van der Waals surface area contributed by atoms with Crippen LogP contribution in [0.25, 0.3) is 0 Å². The van der Waals surface area contributed by atoms with Crippen molar-refractivity contribution < 1.29 is 4.79 Å². The first kappa shape index (κ1) is 19.4. The number of amides is 1. The third kappa shape index (κ3) is 5.33. The van der Waals surface area contributed by atoms with Gasteiger partial charge in [0, 0.05) is 31.0 Å². The fourth-order valence-corrected chi connectivity index (χ4v) is 3.74. The van der Waals surface area contributed by atoms with Gasteiger partial charge in [0.25, 0.3) is 0 Å². The van der Waals surface area contributed by atoms with Crippen molar-refractivity contribution in [3.05, 3.63) is 59.2 Å². The average molecular weight is 366 g/mol. The van der Waals surface area contributed by atoms with Gasteiger partial charge in [0.05, 0.1) is 6.54 Å². The second-order valence-electron chi connectivity index (χ2n) is 7.72. The number of aryl methyl sites for hydroxylation is 2. The molecule has 2 aromatic rings. The highest BCUT2D eigenvalue weighted by atomic mass is 16.2. The van der Waals surface area contributed by atoms with E-state index in [1.165, 1.54) is 30.5 Å². The minimum atomic E-state index is 0.0293. The zero-order valence-corrected chi connectivity index (χ0v) is 16.8. The lowest BCUT2D eigenvalue weighted by atomic mass is 10.1. The Balaban J connectivity index is 1.61. The molecule has 2 aromatic carbocycles. The summed E-state index contributed by atoms with van der Waals surface area (Å²) in [4.78, 5) is 17.1. The van der Waals surface area contributed by atoms with E-state index in [1.807, 2.05) is 33.0 Å². The van der Waals surface area contributed by atoms with E-state index in [1.54, 1.807) is 0 Å². The van der Waals surface area contributed by atoms with E-state index in [9.17, 15) is 4.79 Å². The minimum absolute atomic E-state index is 0.0293. The second kappa shape index (κ2) is 9.05. The summed E-state index contributed by atoms with van der Waals surface area (Å²) >= 11 is 0. The molecule has 1 fully saturated rings. The lowest BCUT2D eigenvalue weighted by Crippen LogP contribution is -2.33. The molecule has 0 aliphatic carbocycles. The van der Waals surface area contributed by atoms with Crippen LogP contribution in [0, 0.1) is 13.8 Å². The number of anilines is 2. The third-order valence-electron chi connectivity index (χ3n) is 5.21. The molecule has 0 unspecified atom stereocenters. The van der Waals surface area contributed by atoms with E-state index in [-0.39, 0.29) is 5.91 Å². The molecule has 0 atom stereocenters. The number of para-hydroxylation sites is 1. The number of piperidine rings is 1. The Hall–Kier alpha value is -2.33. The van der Waals surface area contributed by atoms with Crippen LogP contribution >= 0.6 is 0 Å². The Morgan fingerprint density at radius 1 is 1.07 bits per heavy atom.